The summed E-state index contributed by atoms with van der Waals surface area (Å²) in [6.07, 6.45) is 1.49. The normalized spacial score (nSPS) is 10.8. The molecule has 90 valence electrons. The summed E-state index contributed by atoms with van der Waals surface area (Å²) in [4.78, 5) is 4.01. The molecule has 0 spiro atoms. The number of aromatic nitrogens is 2. The van der Waals surface area contributed by atoms with E-state index in [2.05, 4.69) is 10.1 Å². The molecule has 0 aliphatic rings. The number of nitrogens with two attached hydrogens (primary N) is 1. The maximum atomic E-state index is 13.5. The number of benzene rings is 1. The summed E-state index contributed by atoms with van der Waals surface area (Å²) < 4.78 is 31.4. The summed E-state index contributed by atoms with van der Waals surface area (Å²) in [6.45, 7) is 1.96. The van der Waals surface area contributed by atoms with Crippen LogP contribution in [0, 0.1) is 11.6 Å². The van der Waals surface area contributed by atoms with Crippen molar-refractivity contribution in [1.82, 2.24) is 10.1 Å². The molecule has 0 bridgehead atoms. The van der Waals surface area contributed by atoms with Gasteiger partial charge in [0.1, 0.15) is 11.6 Å². The zero-order valence-corrected chi connectivity index (χ0v) is 9.20. The standard InChI is InChI=1S/C11H11F2N3O/c1-2-3-10-15-11(17-16-10)6-4-9(14)8(13)5-7(6)12/h4-5H,2-3,14H2,1H3. The number of halogens is 2. The van der Waals surface area contributed by atoms with Gasteiger partial charge in [-0.2, -0.15) is 4.98 Å². The van der Waals surface area contributed by atoms with Crippen LogP contribution in [0.2, 0.25) is 0 Å². The molecule has 17 heavy (non-hydrogen) atoms. The molecule has 1 aromatic carbocycles. The van der Waals surface area contributed by atoms with E-state index in [-0.39, 0.29) is 17.1 Å². The Balaban J connectivity index is 2.41. The fraction of sp³-hybridized carbons (Fsp3) is 0.273. The molecule has 0 unspecified atom stereocenters. The van der Waals surface area contributed by atoms with Crippen LogP contribution in [0.4, 0.5) is 14.5 Å². The Kier molecular flexibility index (Phi) is 3.03. The van der Waals surface area contributed by atoms with E-state index >= 15 is 0 Å². The topological polar surface area (TPSA) is 64.9 Å². The second kappa shape index (κ2) is 4.48. The van der Waals surface area contributed by atoms with Crippen molar-refractivity contribution in [1.29, 1.82) is 0 Å². The second-order valence-corrected chi connectivity index (χ2v) is 3.62. The Hall–Kier alpha value is -1.98. The van der Waals surface area contributed by atoms with Crippen LogP contribution in [0.25, 0.3) is 11.5 Å². The number of aryl methyl sites for hydroxylation is 1. The van der Waals surface area contributed by atoms with Crippen molar-refractivity contribution in [3.63, 3.8) is 0 Å². The average molecular weight is 239 g/mol. The highest BCUT2D eigenvalue weighted by atomic mass is 19.1. The van der Waals surface area contributed by atoms with Crippen molar-refractivity contribution in [2.75, 3.05) is 5.73 Å². The molecule has 0 aliphatic heterocycles. The summed E-state index contributed by atoms with van der Waals surface area (Å²) in [5, 5.41) is 3.69. The molecule has 0 aliphatic carbocycles. The van der Waals surface area contributed by atoms with Crippen molar-refractivity contribution in [2.45, 2.75) is 19.8 Å². The first-order valence-electron chi connectivity index (χ1n) is 5.19. The van der Waals surface area contributed by atoms with E-state index in [0.717, 1.165) is 12.5 Å². The van der Waals surface area contributed by atoms with Gasteiger partial charge >= 0.3 is 0 Å². The third kappa shape index (κ3) is 2.25. The van der Waals surface area contributed by atoms with Crippen LogP contribution in [0.3, 0.4) is 0 Å². The lowest BCUT2D eigenvalue weighted by molar-refractivity contribution is 0.419. The number of anilines is 1. The summed E-state index contributed by atoms with van der Waals surface area (Å²) >= 11 is 0. The number of hydrogen-bond acceptors (Lipinski definition) is 4. The number of rotatable bonds is 3. The molecule has 0 amide bonds. The number of nitrogen functional groups attached to an aromatic ring is 1. The van der Waals surface area contributed by atoms with Gasteiger partial charge in [-0.25, -0.2) is 8.78 Å². The Morgan fingerprint density at radius 1 is 1.29 bits per heavy atom. The molecular formula is C11H11F2N3O. The van der Waals surface area contributed by atoms with E-state index in [9.17, 15) is 8.78 Å². The van der Waals surface area contributed by atoms with Gasteiger partial charge in [0.25, 0.3) is 5.89 Å². The van der Waals surface area contributed by atoms with Gasteiger partial charge in [-0.15, -0.1) is 0 Å². The van der Waals surface area contributed by atoms with Crippen LogP contribution in [0.1, 0.15) is 19.2 Å². The van der Waals surface area contributed by atoms with Crippen molar-refractivity contribution in [2.24, 2.45) is 0 Å². The molecule has 0 atom stereocenters. The first-order valence-corrected chi connectivity index (χ1v) is 5.19. The molecule has 6 heteroatoms. The maximum Gasteiger partial charge on any atom is 0.260 e. The van der Waals surface area contributed by atoms with E-state index in [0.29, 0.717) is 18.3 Å². The zero-order chi connectivity index (χ0) is 12.4. The molecule has 1 heterocycles. The van der Waals surface area contributed by atoms with Gasteiger partial charge in [0.15, 0.2) is 5.82 Å². The molecule has 2 N–H and O–H groups in total. The van der Waals surface area contributed by atoms with Crippen LogP contribution in [-0.4, -0.2) is 10.1 Å². The van der Waals surface area contributed by atoms with Gasteiger partial charge in [0, 0.05) is 12.5 Å². The zero-order valence-electron chi connectivity index (χ0n) is 9.20. The highest BCUT2D eigenvalue weighted by Gasteiger charge is 2.15. The third-order valence-corrected chi connectivity index (χ3v) is 2.26. The SMILES string of the molecule is CCCc1noc(-c2cc(N)c(F)cc2F)n1. The average Bonchev–Trinajstić information content (AvgIpc) is 2.72. The Bertz CT molecular complexity index is 540. The maximum absolute atomic E-state index is 13.5. The van der Waals surface area contributed by atoms with E-state index in [1.165, 1.54) is 0 Å². The quantitative estimate of drug-likeness (QED) is 0.836. The highest BCUT2D eigenvalue weighted by molar-refractivity contribution is 5.61. The lowest BCUT2D eigenvalue weighted by atomic mass is 10.2. The largest absolute Gasteiger partial charge is 0.396 e. The first-order chi connectivity index (χ1) is 8.11. The second-order valence-electron chi connectivity index (χ2n) is 3.62. The summed E-state index contributed by atoms with van der Waals surface area (Å²) in [5.74, 6) is -1.08. The molecule has 0 saturated heterocycles. The van der Waals surface area contributed by atoms with Gasteiger partial charge in [0.2, 0.25) is 0 Å². The van der Waals surface area contributed by atoms with Crippen molar-refractivity contribution in [3.8, 4) is 11.5 Å². The molecule has 4 nitrogen and oxygen atoms in total. The monoisotopic (exact) mass is 239 g/mol. The predicted molar refractivity (Wildman–Crippen MR) is 58.1 cm³/mol. The third-order valence-electron chi connectivity index (χ3n) is 2.26. The first kappa shape index (κ1) is 11.5. The van der Waals surface area contributed by atoms with Gasteiger partial charge in [-0.3, -0.25) is 0 Å². The fourth-order valence-corrected chi connectivity index (χ4v) is 1.42. The minimum Gasteiger partial charge on any atom is -0.396 e. The fourth-order valence-electron chi connectivity index (χ4n) is 1.42. The van der Waals surface area contributed by atoms with E-state index in [4.69, 9.17) is 10.3 Å². The van der Waals surface area contributed by atoms with Crippen molar-refractivity contribution < 1.29 is 13.3 Å². The Morgan fingerprint density at radius 3 is 2.76 bits per heavy atom. The van der Waals surface area contributed by atoms with E-state index in [1.807, 2.05) is 6.92 Å². The molecule has 0 fully saturated rings. The Labute approximate surface area is 96.4 Å². The summed E-state index contributed by atoms with van der Waals surface area (Å²) in [5.41, 5.74) is 5.22. The molecular weight excluding hydrogens is 228 g/mol. The van der Waals surface area contributed by atoms with Crippen LogP contribution < -0.4 is 5.73 Å². The molecule has 2 aromatic rings. The van der Waals surface area contributed by atoms with Gasteiger partial charge in [0.05, 0.1) is 11.3 Å². The number of nitrogens with zero attached hydrogens (tertiary/aromatic N) is 2. The summed E-state index contributed by atoms with van der Waals surface area (Å²) in [7, 11) is 0. The number of hydrogen-bond donors (Lipinski definition) is 1. The minimum absolute atomic E-state index is 0.0117. The van der Waals surface area contributed by atoms with Gasteiger partial charge < -0.3 is 10.3 Å². The van der Waals surface area contributed by atoms with Gasteiger partial charge in [-0.05, 0) is 12.5 Å². The van der Waals surface area contributed by atoms with Gasteiger partial charge in [-0.1, -0.05) is 12.1 Å². The predicted octanol–water partition coefficient (Wildman–Crippen LogP) is 2.55. The molecule has 0 radical (unpaired) electrons. The summed E-state index contributed by atoms with van der Waals surface area (Å²) in [6, 6.07) is 1.85. The minimum atomic E-state index is -0.806. The van der Waals surface area contributed by atoms with Crippen LogP contribution in [0.15, 0.2) is 16.7 Å². The van der Waals surface area contributed by atoms with Crippen molar-refractivity contribution in [3.05, 3.63) is 29.6 Å². The smallest absolute Gasteiger partial charge is 0.260 e. The van der Waals surface area contributed by atoms with Crippen molar-refractivity contribution >= 4 is 5.69 Å². The van der Waals surface area contributed by atoms with Crippen LogP contribution in [-0.2, 0) is 6.42 Å². The van der Waals surface area contributed by atoms with Crippen LogP contribution >= 0.6 is 0 Å². The molecule has 0 saturated carbocycles. The Morgan fingerprint density at radius 2 is 2.06 bits per heavy atom. The highest BCUT2D eigenvalue weighted by Crippen LogP contribution is 2.25. The van der Waals surface area contributed by atoms with Crippen LogP contribution in [0.5, 0.6) is 0 Å². The lowest BCUT2D eigenvalue weighted by Gasteiger charge is -2.00. The molecule has 1 aromatic heterocycles. The lowest BCUT2D eigenvalue weighted by Crippen LogP contribution is -1.95. The van der Waals surface area contributed by atoms with E-state index < -0.39 is 11.6 Å². The molecule has 2 rings (SSSR count). The van der Waals surface area contributed by atoms with E-state index in [1.54, 1.807) is 0 Å².